The van der Waals surface area contributed by atoms with Crippen molar-refractivity contribution in [2.24, 2.45) is 0 Å². The third-order valence-corrected chi connectivity index (χ3v) is 7.00. The number of hydrogen-bond donors (Lipinski definition) is 2. The number of piperazine rings is 1. The number of piperidine rings is 1. The van der Waals surface area contributed by atoms with Crippen molar-refractivity contribution >= 4 is 35.4 Å². The number of nitrogens with zero attached hydrogens (tertiary/aromatic N) is 3. The molecule has 13 heteroatoms. The molecule has 0 saturated carbocycles. The summed E-state index contributed by atoms with van der Waals surface area (Å²) in [5, 5.41) is 4.85. The second kappa shape index (κ2) is 13.4. The number of rotatable bonds is 11. The molecule has 1 unspecified atom stereocenters. The molecule has 0 radical (unpaired) electrons. The number of anilines is 1. The van der Waals surface area contributed by atoms with Gasteiger partial charge in [0.15, 0.2) is 0 Å². The number of alkyl carbamates (subject to hydrolysis) is 1. The Balaban J connectivity index is 1.13. The molecule has 1 aromatic carbocycles. The molecule has 3 heterocycles. The Morgan fingerprint density at radius 3 is 2.32 bits per heavy atom. The largest absolute Gasteiger partial charge is 0.444 e. The van der Waals surface area contributed by atoms with E-state index < -0.39 is 41.4 Å². The molecule has 1 atom stereocenters. The van der Waals surface area contributed by atoms with Gasteiger partial charge in [0.1, 0.15) is 11.6 Å². The number of fused-ring (bicyclic) bond motifs is 1. The highest BCUT2D eigenvalue weighted by Crippen LogP contribution is 2.31. The molecule has 4 rings (SSSR count). The quantitative estimate of drug-likeness (QED) is 0.287. The number of amides is 5. The van der Waals surface area contributed by atoms with Crippen LogP contribution in [0, 0.1) is 0 Å². The first-order chi connectivity index (χ1) is 19.5. The number of imide groups is 2. The Kier molecular flexibility index (Phi) is 9.94. The minimum absolute atomic E-state index is 0.0905. The number of carbonyl (C=O) groups excluding carboxylic acids is 5. The van der Waals surface area contributed by atoms with Crippen LogP contribution >= 0.6 is 0 Å². The summed E-state index contributed by atoms with van der Waals surface area (Å²) < 4.78 is 16.3. The average Bonchev–Trinajstić information content (AvgIpc) is 3.16. The van der Waals surface area contributed by atoms with E-state index in [0.717, 1.165) is 43.3 Å². The lowest BCUT2D eigenvalue weighted by Crippen LogP contribution is -2.54. The van der Waals surface area contributed by atoms with Crippen LogP contribution in [0.4, 0.5) is 10.5 Å². The lowest BCUT2D eigenvalue weighted by atomic mass is 10.0. The monoisotopic (exact) mass is 573 g/mol. The highest BCUT2D eigenvalue weighted by atomic mass is 16.6. The fourth-order valence-electron chi connectivity index (χ4n) is 4.94. The standard InChI is InChI=1S/C28H39N5O8/c1-28(2,3)41-27(38)29-8-14-39-16-17-40-15-13-31-9-11-32(12-10-31)19-4-5-20-21(18-19)26(37)33(25(20)36)22-6-7-23(34)30-24(22)35/h4-5,18,22H,6-17H2,1-3H3,(H,29,38)(H,30,34,35). The molecule has 0 aromatic heterocycles. The van der Waals surface area contributed by atoms with Crippen molar-refractivity contribution in [2.75, 3.05) is 70.6 Å². The van der Waals surface area contributed by atoms with Crippen LogP contribution in [0.3, 0.4) is 0 Å². The van der Waals surface area contributed by atoms with Crippen molar-refractivity contribution in [2.45, 2.75) is 45.3 Å². The first kappa shape index (κ1) is 30.4. The summed E-state index contributed by atoms with van der Waals surface area (Å²) in [7, 11) is 0. The molecule has 0 aliphatic carbocycles. The molecule has 0 spiro atoms. The van der Waals surface area contributed by atoms with E-state index in [0.29, 0.717) is 33.0 Å². The van der Waals surface area contributed by atoms with Crippen molar-refractivity contribution in [1.82, 2.24) is 20.4 Å². The second-order valence-corrected chi connectivity index (χ2v) is 11.2. The first-order valence-corrected chi connectivity index (χ1v) is 14.0. The maximum atomic E-state index is 13.1. The minimum Gasteiger partial charge on any atom is -0.444 e. The molecular weight excluding hydrogens is 534 g/mol. The molecule has 0 bridgehead atoms. The zero-order valence-corrected chi connectivity index (χ0v) is 23.9. The van der Waals surface area contributed by atoms with Crippen LogP contribution in [0.2, 0.25) is 0 Å². The van der Waals surface area contributed by atoms with Crippen molar-refractivity contribution in [3.8, 4) is 0 Å². The van der Waals surface area contributed by atoms with E-state index >= 15 is 0 Å². The molecule has 3 aliphatic heterocycles. The Labute approximate surface area is 239 Å². The SMILES string of the molecule is CC(C)(C)OC(=O)NCCOCCOCCN1CCN(c2ccc3c(c2)C(=O)N(C2CCC(=O)NC2=O)C3=O)CC1. The zero-order chi connectivity index (χ0) is 29.6. The molecule has 2 saturated heterocycles. The van der Waals surface area contributed by atoms with E-state index in [4.69, 9.17) is 14.2 Å². The van der Waals surface area contributed by atoms with Gasteiger partial charge in [-0.15, -0.1) is 0 Å². The minimum atomic E-state index is -0.970. The summed E-state index contributed by atoms with van der Waals surface area (Å²) in [5.74, 6) is -2.01. The third kappa shape index (κ3) is 8.02. The van der Waals surface area contributed by atoms with Crippen LogP contribution in [-0.2, 0) is 23.8 Å². The highest BCUT2D eigenvalue weighted by molar-refractivity contribution is 6.23. The molecule has 2 fully saturated rings. The Bertz CT molecular complexity index is 1160. The van der Waals surface area contributed by atoms with Gasteiger partial charge in [-0.3, -0.25) is 34.3 Å². The van der Waals surface area contributed by atoms with Gasteiger partial charge in [-0.1, -0.05) is 0 Å². The van der Waals surface area contributed by atoms with Crippen LogP contribution in [0.5, 0.6) is 0 Å². The van der Waals surface area contributed by atoms with Gasteiger partial charge < -0.3 is 24.4 Å². The predicted molar refractivity (Wildman–Crippen MR) is 148 cm³/mol. The number of benzene rings is 1. The van der Waals surface area contributed by atoms with Gasteiger partial charge in [-0.2, -0.15) is 0 Å². The number of ether oxygens (including phenoxy) is 3. The normalized spacial score (nSPS) is 19.8. The molecule has 5 amide bonds. The second-order valence-electron chi connectivity index (χ2n) is 11.2. The Morgan fingerprint density at radius 1 is 0.951 bits per heavy atom. The summed E-state index contributed by atoms with van der Waals surface area (Å²) in [5.41, 5.74) is 0.890. The van der Waals surface area contributed by atoms with Gasteiger partial charge in [0.2, 0.25) is 11.8 Å². The van der Waals surface area contributed by atoms with Gasteiger partial charge >= 0.3 is 6.09 Å². The topological polar surface area (TPSA) is 147 Å². The third-order valence-electron chi connectivity index (χ3n) is 7.00. The summed E-state index contributed by atoms with van der Waals surface area (Å²) >= 11 is 0. The zero-order valence-electron chi connectivity index (χ0n) is 23.9. The van der Waals surface area contributed by atoms with Gasteiger partial charge in [-0.05, 0) is 45.4 Å². The van der Waals surface area contributed by atoms with Crippen molar-refractivity contribution in [3.05, 3.63) is 29.3 Å². The lowest BCUT2D eigenvalue weighted by molar-refractivity contribution is -0.136. The van der Waals surface area contributed by atoms with Crippen LogP contribution in [0.15, 0.2) is 18.2 Å². The van der Waals surface area contributed by atoms with Gasteiger partial charge in [0, 0.05) is 51.4 Å². The van der Waals surface area contributed by atoms with Crippen LogP contribution < -0.4 is 15.5 Å². The summed E-state index contributed by atoms with van der Waals surface area (Å²) in [4.78, 5) is 66.8. The number of carbonyl (C=O) groups is 5. The molecule has 13 nitrogen and oxygen atoms in total. The molecule has 41 heavy (non-hydrogen) atoms. The number of hydrogen-bond acceptors (Lipinski definition) is 10. The lowest BCUT2D eigenvalue weighted by Gasteiger charge is -2.36. The van der Waals surface area contributed by atoms with E-state index in [1.165, 1.54) is 0 Å². The number of nitrogens with one attached hydrogen (secondary N) is 2. The maximum Gasteiger partial charge on any atom is 0.407 e. The Hall–Kier alpha value is -3.55. The Morgan fingerprint density at radius 2 is 1.63 bits per heavy atom. The van der Waals surface area contributed by atoms with E-state index in [1.807, 2.05) is 26.8 Å². The highest BCUT2D eigenvalue weighted by Gasteiger charge is 2.44. The molecular formula is C28H39N5O8. The van der Waals surface area contributed by atoms with Crippen LogP contribution in [0.25, 0.3) is 0 Å². The average molecular weight is 574 g/mol. The van der Waals surface area contributed by atoms with Gasteiger partial charge in [-0.25, -0.2) is 4.79 Å². The summed E-state index contributed by atoms with van der Waals surface area (Å²) in [6, 6.07) is 4.23. The summed E-state index contributed by atoms with van der Waals surface area (Å²) in [6.45, 7) is 11.6. The molecule has 3 aliphatic rings. The van der Waals surface area contributed by atoms with Gasteiger partial charge in [0.25, 0.3) is 11.8 Å². The van der Waals surface area contributed by atoms with Crippen molar-refractivity contribution in [3.63, 3.8) is 0 Å². The van der Waals surface area contributed by atoms with Gasteiger partial charge in [0.05, 0.1) is 37.6 Å². The van der Waals surface area contributed by atoms with Crippen molar-refractivity contribution in [1.29, 1.82) is 0 Å². The van der Waals surface area contributed by atoms with Crippen molar-refractivity contribution < 1.29 is 38.2 Å². The predicted octanol–water partition coefficient (Wildman–Crippen LogP) is 0.768. The fraction of sp³-hybridized carbons (Fsp3) is 0.607. The van der Waals surface area contributed by atoms with E-state index in [2.05, 4.69) is 20.4 Å². The first-order valence-electron chi connectivity index (χ1n) is 14.0. The molecule has 1 aromatic rings. The molecule has 2 N–H and O–H groups in total. The van der Waals surface area contributed by atoms with Crippen LogP contribution in [-0.4, -0.2) is 117 Å². The maximum absolute atomic E-state index is 13.1. The summed E-state index contributed by atoms with van der Waals surface area (Å²) in [6.07, 6.45) is -0.240. The van der Waals surface area contributed by atoms with E-state index in [9.17, 15) is 24.0 Å². The smallest absolute Gasteiger partial charge is 0.407 e. The van der Waals surface area contributed by atoms with Crippen LogP contribution in [0.1, 0.15) is 54.3 Å². The van der Waals surface area contributed by atoms with E-state index in [-0.39, 0.29) is 24.0 Å². The molecule has 224 valence electrons. The van der Waals surface area contributed by atoms with E-state index in [1.54, 1.807) is 12.1 Å². The fourth-order valence-corrected chi connectivity index (χ4v) is 4.94.